The van der Waals surface area contributed by atoms with E-state index >= 15 is 0 Å². The highest BCUT2D eigenvalue weighted by Crippen LogP contribution is 2.27. The fourth-order valence-electron chi connectivity index (χ4n) is 1.35. The maximum Gasteiger partial charge on any atom is 0.240 e. The molecule has 110 valence electrons. The van der Waals surface area contributed by atoms with Crippen molar-refractivity contribution in [3.63, 3.8) is 0 Å². The van der Waals surface area contributed by atoms with Crippen LogP contribution in [0.3, 0.4) is 0 Å². The minimum atomic E-state index is -3.46. The predicted molar refractivity (Wildman–Crippen MR) is 81.7 cm³/mol. The van der Waals surface area contributed by atoms with Crippen LogP contribution in [0.25, 0.3) is 0 Å². The molecule has 0 fully saturated rings. The summed E-state index contributed by atoms with van der Waals surface area (Å²) in [5.74, 6) is 0.599. The molecule has 0 aliphatic carbocycles. The second kappa shape index (κ2) is 8.76. The van der Waals surface area contributed by atoms with Crippen LogP contribution in [0.2, 0.25) is 0 Å². The van der Waals surface area contributed by atoms with E-state index in [1.54, 1.807) is 6.07 Å². The highest BCUT2D eigenvalue weighted by atomic mass is 79.9. The SMILES string of the molecule is CCNCCNS(=O)(=O)c1ccc(OC)c(Br)c1.Cl. The van der Waals surface area contributed by atoms with Crippen LogP contribution < -0.4 is 14.8 Å². The molecule has 0 saturated carbocycles. The molecule has 5 nitrogen and oxygen atoms in total. The molecule has 0 amide bonds. The lowest BCUT2D eigenvalue weighted by Gasteiger charge is -2.09. The first-order valence-electron chi connectivity index (χ1n) is 5.55. The molecule has 0 bridgehead atoms. The van der Waals surface area contributed by atoms with E-state index in [4.69, 9.17) is 4.74 Å². The zero-order valence-electron chi connectivity index (χ0n) is 10.8. The monoisotopic (exact) mass is 372 g/mol. The Morgan fingerprint density at radius 1 is 1.32 bits per heavy atom. The van der Waals surface area contributed by atoms with Gasteiger partial charge < -0.3 is 10.1 Å². The number of likely N-dealkylation sites (N-methyl/N-ethyl adjacent to an activating group) is 1. The van der Waals surface area contributed by atoms with E-state index in [0.29, 0.717) is 23.3 Å². The van der Waals surface area contributed by atoms with Crippen LogP contribution in [-0.4, -0.2) is 35.2 Å². The van der Waals surface area contributed by atoms with Crippen molar-refractivity contribution in [3.8, 4) is 5.75 Å². The first-order chi connectivity index (χ1) is 8.51. The number of ether oxygens (including phenoxy) is 1. The molecule has 1 aromatic carbocycles. The number of hydrogen-bond acceptors (Lipinski definition) is 4. The van der Waals surface area contributed by atoms with Gasteiger partial charge >= 0.3 is 0 Å². The molecule has 0 saturated heterocycles. The Morgan fingerprint density at radius 2 is 2.00 bits per heavy atom. The molecule has 0 radical (unpaired) electrons. The van der Waals surface area contributed by atoms with Gasteiger partial charge in [0.25, 0.3) is 0 Å². The van der Waals surface area contributed by atoms with Crippen LogP contribution in [0.4, 0.5) is 0 Å². The van der Waals surface area contributed by atoms with E-state index in [1.807, 2.05) is 6.92 Å². The smallest absolute Gasteiger partial charge is 0.240 e. The van der Waals surface area contributed by atoms with E-state index in [1.165, 1.54) is 19.2 Å². The average Bonchev–Trinajstić information content (AvgIpc) is 2.34. The van der Waals surface area contributed by atoms with Gasteiger partial charge in [0.05, 0.1) is 16.5 Å². The second-order valence-corrected chi connectivity index (χ2v) is 6.17. The summed E-state index contributed by atoms with van der Waals surface area (Å²) >= 11 is 3.26. The van der Waals surface area contributed by atoms with Crippen molar-refractivity contribution in [2.45, 2.75) is 11.8 Å². The number of halogens is 2. The molecule has 0 aliphatic rings. The molecule has 0 aliphatic heterocycles. The number of hydrogen-bond donors (Lipinski definition) is 2. The summed E-state index contributed by atoms with van der Waals surface area (Å²) in [6, 6.07) is 4.65. The fraction of sp³-hybridized carbons (Fsp3) is 0.455. The van der Waals surface area contributed by atoms with Crippen molar-refractivity contribution < 1.29 is 13.2 Å². The van der Waals surface area contributed by atoms with Gasteiger partial charge in [-0.15, -0.1) is 12.4 Å². The standard InChI is InChI=1S/C11H17BrN2O3S.ClH/c1-3-13-6-7-14-18(15,16)9-4-5-11(17-2)10(12)8-9;/h4-5,8,13-14H,3,6-7H2,1-2H3;1H. The summed E-state index contributed by atoms with van der Waals surface area (Å²) in [7, 11) is -1.93. The third kappa shape index (κ3) is 5.66. The minimum Gasteiger partial charge on any atom is -0.496 e. The van der Waals surface area contributed by atoms with E-state index in [2.05, 4.69) is 26.0 Å². The molecule has 0 aromatic heterocycles. The van der Waals surface area contributed by atoms with Gasteiger partial charge in [-0.3, -0.25) is 0 Å². The maximum absolute atomic E-state index is 11.9. The molecule has 2 N–H and O–H groups in total. The topological polar surface area (TPSA) is 67.4 Å². The van der Waals surface area contributed by atoms with Crippen molar-refractivity contribution in [1.29, 1.82) is 0 Å². The van der Waals surface area contributed by atoms with Gasteiger partial charge in [-0.05, 0) is 40.7 Å². The summed E-state index contributed by atoms with van der Waals surface area (Å²) in [6.07, 6.45) is 0. The minimum absolute atomic E-state index is 0. The number of sulfonamides is 1. The largest absolute Gasteiger partial charge is 0.496 e. The molecule has 1 rings (SSSR count). The molecule has 0 unspecified atom stereocenters. The van der Waals surface area contributed by atoms with Gasteiger partial charge in [-0.25, -0.2) is 13.1 Å². The van der Waals surface area contributed by atoms with E-state index in [-0.39, 0.29) is 17.3 Å². The van der Waals surface area contributed by atoms with Crippen molar-refractivity contribution in [2.75, 3.05) is 26.7 Å². The highest BCUT2D eigenvalue weighted by molar-refractivity contribution is 9.10. The Balaban J connectivity index is 0.00000324. The van der Waals surface area contributed by atoms with Gasteiger partial charge in [0.1, 0.15) is 5.75 Å². The Morgan fingerprint density at radius 3 is 2.53 bits per heavy atom. The number of methoxy groups -OCH3 is 1. The molecule has 19 heavy (non-hydrogen) atoms. The summed E-state index contributed by atoms with van der Waals surface area (Å²) in [5.41, 5.74) is 0. The molecular weight excluding hydrogens is 356 g/mol. The van der Waals surface area contributed by atoms with Crippen LogP contribution in [-0.2, 0) is 10.0 Å². The molecule has 8 heteroatoms. The van der Waals surface area contributed by atoms with Gasteiger partial charge in [0.15, 0.2) is 0 Å². The molecular formula is C11H18BrClN2O3S. The second-order valence-electron chi connectivity index (χ2n) is 3.55. The van der Waals surface area contributed by atoms with E-state index in [9.17, 15) is 8.42 Å². The average molecular weight is 374 g/mol. The van der Waals surface area contributed by atoms with Crippen molar-refractivity contribution in [1.82, 2.24) is 10.0 Å². The van der Waals surface area contributed by atoms with Crippen LogP contribution in [0.15, 0.2) is 27.6 Å². The quantitative estimate of drug-likeness (QED) is 0.715. The zero-order chi connectivity index (χ0) is 13.6. The zero-order valence-corrected chi connectivity index (χ0v) is 14.0. The number of benzene rings is 1. The van der Waals surface area contributed by atoms with Crippen molar-refractivity contribution in [3.05, 3.63) is 22.7 Å². The molecule has 1 aromatic rings. The Kier molecular flexibility index (Phi) is 8.60. The third-order valence-electron chi connectivity index (χ3n) is 2.28. The van der Waals surface area contributed by atoms with Crippen molar-refractivity contribution in [2.24, 2.45) is 0 Å². The summed E-state index contributed by atoms with van der Waals surface area (Å²) in [5, 5.41) is 3.05. The van der Waals surface area contributed by atoms with E-state index < -0.39 is 10.0 Å². The van der Waals surface area contributed by atoms with Gasteiger partial charge in [-0.1, -0.05) is 6.92 Å². The Hall–Kier alpha value is -0.340. The molecule has 0 atom stereocenters. The predicted octanol–water partition coefficient (Wildman–Crippen LogP) is 1.77. The first-order valence-corrected chi connectivity index (χ1v) is 7.82. The van der Waals surface area contributed by atoms with Gasteiger partial charge in [-0.2, -0.15) is 0 Å². The van der Waals surface area contributed by atoms with Crippen LogP contribution >= 0.6 is 28.3 Å². The summed E-state index contributed by atoms with van der Waals surface area (Å²) < 4.78 is 32.1. The number of nitrogens with one attached hydrogen (secondary N) is 2. The maximum atomic E-state index is 11.9. The van der Waals surface area contributed by atoms with Crippen molar-refractivity contribution >= 4 is 38.4 Å². The molecule has 0 heterocycles. The number of rotatable bonds is 7. The Bertz CT molecular complexity index is 497. The fourth-order valence-corrected chi connectivity index (χ4v) is 3.10. The Labute approximate surface area is 128 Å². The lowest BCUT2D eigenvalue weighted by molar-refractivity contribution is 0.411. The lowest BCUT2D eigenvalue weighted by Crippen LogP contribution is -2.31. The third-order valence-corrected chi connectivity index (χ3v) is 4.36. The van der Waals surface area contributed by atoms with Crippen LogP contribution in [0.1, 0.15) is 6.92 Å². The summed E-state index contributed by atoms with van der Waals surface area (Å²) in [6.45, 7) is 3.75. The normalized spacial score (nSPS) is 10.9. The summed E-state index contributed by atoms with van der Waals surface area (Å²) in [4.78, 5) is 0.215. The highest BCUT2D eigenvalue weighted by Gasteiger charge is 2.14. The van der Waals surface area contributed by atoms with Crippen LogP contribution in [0, 0.1) is 0 Å². The first kappa shape index (κ1) is 18.7. The lowest BCUT2D eigenvalue weighted by atomic mass is 10.3. The van der Waals surface area contributed by atoms with Gasteiger partial charge in [0, 0.05) is 13.1 Å². The van der Waals surface area contributed by atoms with Gasteiger partial charge in [0.2, 0.25) is 10.0 Å². The van der Waals surface area contributed by atoms with E-state index in [0.717, 1.165) is 6.54 Å². The molecule has 0 spiro atoms. The van der Waals surface area contributed by atoms with Crippen LogP contribution in [0.5, 0.6) is 5.75 Å².